The lowest BCUT2D eigenvalue weighted by molar-refractivity contribution is 0.298. The van der Waals surface area contributed by atoms with Gasteiger partial charge in [-0.15, -0.1) is 0 Å². The fourth-order valence-electron chi connectivity index (χ4n) is 3.03. The Bertz CT molecular complexity index is 599. The third kappa shape index (κ3) is 3.90. The Morgan fingerprint density at radius 1 is 1.52 bits per heavy atom. The van der Waals surface area contributed by atoms with Crippen molar-refractivity contribution in [3.05, 3.63) is 34.5 Å². The number of nitrogens with zero attached hydrogens (tertiary/aromatic N) is 4. The van der Waals surface area contributed by atoms with Crippen molar-refractivity contribution in [3.63, 3.8) is 0 Å². The number of aromatic nitrogens is 3. The second-order valence-corrected chi connectivity index (χ2v) is 6.80. The van der Waals surface area contributed by atoms with E-state index in [1.54, 1.807) is 17.7 Å². The summed E-state index contributed by atoms with van der Waals surface area (Å²) < 4.78 is 0. The van der Waals surface area contributed by atoms with Crippen LogP contribution in [0.5, 0.6) is 0 Å². The van der Waals surface area contributed by atoms with E-state index < -0.39 is 0 Å². The van der Waals surface area contributed by atoms with E-state index in [9.17, 15) is 0 Å². The first-order valence-electron chi connectivity index (χ1n) is 8.11. The maximum absolute atomic E-state index is 4.45. The molecular weight excluding hydrogens is 308 g/mol. The second kappa shape index (κ2) is 7.59. The fraction of sp³-hybridized carbons (Fsp3) is 0.562. The maximum Gasteiger partial charge on any atom is 0.193 e. The van der Waals surface area contributed by atoms with Gasteiger partial charge in [0.25, 0.3) is 0 Å². The van der Waals surface area contributed by atoms with Crippen molar-refractivity contribution in [2.45, 2.75) is 31.6 Å². The number of guanidine groups is 1. The summed E-state index contributed by atoms with van der Waals surface area (Å²) in [5.74, 6) is 2.99. The quantitative estimate of drug-likeness (QED) is 0.666. The molecule has 0 aliphatic carbocycles. The molecule has 1 saturated heterocycles. The van der Waals surface area contributed by atoms with E-state index in [1.807, 2.05) is 7.05 Å². The molecule has 124 valence electrons. The molecule has 2 aromatic heterocycles. The summed E-state index contributed by atoms with van der Waals surface area (Å²) in [5, 5.41) is 14.8. The zero-order valence-corrected chi connectivity index (χ0v) is 14.5. The van der Waals surface area contributed by atoms with Gasteiger partial charge in [-0.2, -0.15) is 16.4 Å². The fourth-order valence-corrected chi connectivity index (χ4v) is 3.81. The van der Waals surface area contributed by atoms with E-state index in [1.165, 1.54) is 5.56 Å². The number of thiophene rings is 1. The highest BCUT2D eigenvalue weighted by atomic mass is 32.1. The Labute approximate surface area is 141 Å². The number of hydrogen-bond donors (Lipinski definition) is 2. The standard InChI is InChI=1S/C16H24N6S/c1-12(14-5-8-23-10-14)9-18-16(17-2)22-6-3-13(4-7-22)15-19-11-20-21-15/h5,8,10-13H,3-4,6-7,9H2,1-2H3,(H,17,18)(H,19,20,21). The highest BCUT2D eigenvalue weighted by Crippen LogP contribution is 2.25. The molecule has 0 bridgehead atoms. The maximum atomic E-state index is 4.45. The van der Waals surface area contributed by atoms with Gasteiger partial charge >= 0.3 is 0 Å². The van der Waals surface area contributed by atoms with E-state index in [2.05, 4.69) is 54.1 Å². The van der Waals surface area contributed by atoms with Crippen molar-refractivity contribution in [2.24, 2.45) is 4.99 Å². The first kappa shape index (κ1) is 16.0. The second-order valence-electron chi connectivity index (χ2n) is 6.02. The SMILES string of the molecule is CN=C(NCC(C)c1ccsc1)N1CCC(c2ncn[nH]2)CC1. The van der Waals surface area contributed by atoms with Crippen LogP contribution in [0.25, 0.3) is 0 Å². The van der Waals surface area contributed by atoms with Gasteiger partial charge in [-0.25, -0.2) is 4.98 Å². The van der Waals surface area contributed by atoms with Crippen molar-refractivity contribution in [3.8, 4) is 0 Å². The lowest BCUT2D eigenvalue weighted by atomic mass is 9.96. The lowest BCUT2D eigenvalue weighted by Crippen LogP contribution is -2.46. The van der Waals surface area contributed by atoms with Crippen LogP contribution in [-0.4, -0.2) is 52.7 Å². The third-order valence-corrected chi connectivity index (χ3v) is 5.21. The Morgan fingerprint density at radius 3 is 2.96 bits per heavy atom. The van der Waals surface area contributed by atoms with Gasteiger partial charge in [0.05, 0.1) is 0 Å². The van der Waals surface area contributed by atoms with Crippen molar-refractivity contribution in [2.75, 3.05) is 26.7 Å². The third-order valence-electron chi connectivity index (χ3n) is 4.51. The lowest BCUT2D eigenvalue weighted by Gasteiger charge is -2.33. The van der Waals surface area contributed by atoms with Crippen LogP contribution in [0.2, 0.25) is 0 Å². The number of aromatic amines is 1. The zero-order chi connectivity index (χ0) is 16.1. The highest BCUT2D eigenvalue weighted by Gasteiger charge is 2.24. The minimum absolute atomic E-state index is 0.483. The predicted molar refractivity (Wildman–Crippen MR) is 94.0 cm³/mol. The molecule has 0 amide bonds. The molecule has 0 saturated carbocycles. The number of likely N-dealkylation sites (tertiary alicyclic amines) is 1. The monoisotopic (exact) mass is 332 g/mol. The minimum Gasteiger partial charge on any atom is -0.356 e. The van der Waals surface area contributed by atoms with Gasteiger partial charge in [0.1, 0.15) is 12.2 Å². The Hall–Kier alpha value is -1.89. The van der Waals surface area contributed by atoms with Gasteiger partial charge in [0.15, 0.2) is 5.96 Å². The molecule has 0 aromatic carbocycles. The van der Waals surface area contributed by atoms with Gasteiger partial charge < -0.3 is 10.2 Å². The average Bonchev–Trinajstić information content (AvgIpc) is 3.29. The molecule has 1 atom stereocenters. The van der Waals surface area contributed by atoms with E-state index in [0.717, 1.165) is 44.3 Å². The minimum atomic E-state index is 0.483. The van der Waals surface area contributed by atoms with E-state index in [0.29, 0.717) is 11.8 Å². The predicted octanol–water partition coefficient (Wildman–Crippen LogP) is 2.42. The summed E-state index contributed by atoms with van der Waals surface area (Å²) in [7, 11) is 1.86. The van der Waals surface area contributed by atoms with Crippen LogP contribution < -0.4 is 5.32 Å². The summed E-state index contributed by atoms with van der Waals surface area (Å²) in [4.78, 5) is 11.1. The van der Waals surface area contributed by atoms with Crippen LogP contribution in [0, 0.1) is 0 Å². The van der Waals surface area contributed by atoms with Crippen LogP contribution >= 0.6 is 11.3 Å². The first-order chi connectivity index (χ1) is 11.3. The van der Waals surface area contributed by atoms with E-state index in [4.69, 9.17) is 0 Å². The molecule has 23 heavy (non-hydrogen) atoms. The molecule has 2 N–H and O–H groups in total. The van der Waals surface area contributed by atoms with Crippen LogP contribution in [-0.2, 0) is 0 Å². The molecule has 1 fully saturated rings. The van der Waals surface area contributed by atoms with Crippen molar-refractivity contribution < 1.29 is 0 Å². The number of hydrogen-bond acceptors (Lipinski definition) is 4. The van der Waals surface area contributed by atoms with Crippen molar-refractivity contribution in [1.29, 1.82) is 0 Å². The number of nitrogens with one attached hydrogen (secondary N) is 2. The molecule has 6 nitrogen and oxygen atoms in total. The summed E-state index contributed by atoms with van der Waals surface area (Å²) in [5.41, 5.74) is 1.39. The summed E-state index contributed by atoms with van der Waals surface area (Å²) >= 11 is 1.75. The Kier molecular flexibility index (Phi) is 5.27. The number of aliphatic imine (C=N–C) groups is 1. The zero-order valence-electron chi connectivity index (χ0n) is 13.7. The van der Waals surface area contributed by atoms with Gasteiger partial charge in [0, 0.05) is 32.6 Å². The van der Waals surface area contributed by atoms with Gasteiger partial charge in [-0.05, 0) is 41.1 Å². The Balaban J connectivity index is 1.50. The molecule has 3 heterocycles. The van der Waals surface area contributed by atoms with Crippen LogP contribution in [0.1, 0.15) is 43.0 Å². The molecule has 7 heteroatoms. The topological polar surface area (TPSA) is 69.2 Å². The number of piperidine rings is 1. The number of rotatable bonds is 4. The van der Waals surface area contributed by atoms with Crippen LogP contribution in [0.15, 0.2) is 28.1 Å². The molecule has 2 aromatic rings. The van der Waals surface area contributed by atoms with Crippen molar-refractivity contribution >= 4 is 17.3 Å². The highest BCUT2D eigenvalue weighted by molar-refractivity contribution is 7.07. The van der Waals surface area contributed by atoms with Gasteiger partial charge in [-0.1, -0.05) is 6.92 Å². The molecule has 1 unspecified atom stereocenters. The molecule has 1 aliphatic heterocycles. The van der Waals surface area contributed by atoms with Crippen molar-refractivity contribution in [1.82, 2.24) is 25.4 Å². The molecule has 1 aliphatic rings. The smallest absolute Gasteiger partial charge is 0.193 e. The molecule has 0 spiro atoms. The molecular formula is C16H24N6S. The van der Waals surface area contributed by atoms with Crippen LogP contribution in [0.4, 0.5) is 0 Å². The van der Waals surface area contributed by atoms with Gasteiger partial charge in [-0.3, -0.25) is 10.1 Å². The molecule has 0 radical (unpaired) electrons. The van der Waals surface area contributed by atoms with E-state index in [-0.39, 0.29) is 0 Å². The van der Waals surface area contributed by atoms with Crippen LogP contribution in [0.3, 0.4) is 0 Å². The first-order valence-corrected chi connectivity index (χ1v) is 9.05. The normalized spacial score (nSPS) is 18.2. The summed E-state index contributed by atoms with van der Waals surface area (Å²) in [6, 6.07) is 2.20. The average molecular weight is 332 g/mol. The summed E-state index contributed by atoms with van der Waals surface area (Å²) in [6.45, 7) is 5.15. The van der Waals surface area contributed by atoms with E-state index >= 15 is 0 Å². The Morgan fingerprint density at radius 2 is 2.35 bits per heavy atom. The van der Waals surface area contributed by atoms with Gasteiger partial charge in [0.2, 0.25) is 0 Å². The summed E-state index contributed by atoms with van der Waals surface area (Å²) in [6.07, 6.45) is 3.75. The molecule has 3 rings (SSSR count). The number of H-pyrrole nitrogens is 1. The largest absolute Gasteiger partial charge is 0.356 e.